The zero-order valence-corrected chi connectivity index (χ0v) is 22.4. The maximum Gasteiger partial charge on any atom is 0.134 e. The molecule has 1 atom stereocenters. The van der Waals surface area contributed by atoms with Gasteiger partial charge in [0.25, 0.3) is 0 Å². The van der Waals surface area contributed by atoms with Crippen molar-refractivity contribution in [1.29, 1.82) is 5.26 Å². The number of nitrogens with zero attached hydrogens (tertiary/aromatic N) is 3. The molecule has 3 nitrogen and oxygen atoms in total. The topological polar surface area (TPSA) is 41.1 Å². The minimum absolute atomic E-state index is 0.271. The third-order valence-corrected chi connectivity index (χ3v) is 8.83. The van der Waals surface area contributed by atoms with Gasteiger partial charge < -0.3 is 4.57 Å². The van der Waals surface area contributed by atoms with E-state index >= 15 is 0 Å². The molecule has 4 aromatic rings. The standard InChI is InChI=1S/C29H27Cl2N3S/c1-29(2,3)20-9-11-23-24(14-32)28(35-27(23)12-20)33-15-19-17-34(26-7-5-4-6-22(19)26)16-18-8-10-21(30)13-25(18)31/h4-8,10,13,15,17,20H,9,11-12,16H2,1-3H3/t20-/m0/s1. The largest absolute Gasteiger partial charge is 0.342 e. The number of nitriles is 1. The van der Waals surface area contributed by atoms with E-state index in [-0.39, 0.29) is 5.41 Å². The Morgan fingerprint density at radius 2 is 2.00 bits per heavy atom. The second kappa shape index (κ2) is 9.47. The van der Waals surface area contributed by atoms with Gasteiger partial charge in [-0.3, -0.25) is 0 Å². The lowest BCUT2D eigenvalue weighted by atomic mass is 9.72. The van der Waals surface area contributed by atoms with Gasteiger partial charge >= 0.3 is 0 Å². The number of hydrogen-bond acceptors (Lipinski definition) is 3. The van der Waals surface area contributed by atoms with Gasteiger partial charge in [0, 0.05) is 50.3 Å². The molecular weight excluding hydrogens is 493 g/mol. The SMILES string of the molecule is CC(C)(C)[C@H]1CCc2c(sc(N=Cc3cn(Cc4ccc(Cl)cc4Cl)c4ccccc34)c2C#N)C1. The Labute approximate surface area is 220 Å². The fraction of sp³-hybridized carbons (Fsp3) is 0.310. The summed E-state index contributed by atoms with van der Waals surface area (Å²) >= 11 is 14.2. The number of rotatable bonds is 4. The molecule has 0 amide bonds. The smallest absolute Gasteiger partial charge is 0.134 e. The highest BCUT2D eigenvalue weighted by Gasteiger charge is 2.32. The number of benzene rings is 2. The Morgan fingerprint density at radius 3 is 2.74 bits per heavy atom. The molecule has 0 saturated carbocycles. The molecule has 0 saturated heterocycles. The number of thiophene rings is 1. The normalized spacial score (nSPS) is 16.1. The lowest BCUT2D eigenvalue weighted by Gasteiger charge is -2.33. The van der Waals surface area contributed by atoms with Crippen LogP contribution in [0.5, 0.6) is 0 Å². The summed E-state index contributed by atoms with van der Waals surface area (Å²) < 4.78 is 2.18. The van der Waals surface area contributed by atoms with Crippen molar-refractivity contribution >= 4 is 56.7 Å². The molecule has 0 fully saturated rings. The van der Waals surface area contributed by atoms with Gasteiger partial charge in [-0.15, -0.1) is 11.3 Å². The third kappa shape index (κ3) is 4.78. The van der Waals surface area contributed by atoms with E-state index in [0.717, 1.165) is 51.9 Å². The Morgan fingerprint density at radius 1 is 1.20 bits per heavy atom. The second-order valence-corrected chi connectivity index (χ2v) is 12.3. The van der Waals surface area contributed by atoms with E-state index in [4.69, 9.17) is 28.2 Å². The molecule has 1 aliphatic rings. The lowest BCUT2D eigenvalue weighted by molar-refractivity contribution is 0.218. The van der Waals surface area contributed by atoms with Crippen LogP contribution < -0.4 is 0 Å². The minimum atomic E-state index is 0.271. The van der Waals surface area contributed by atoms with Crippen molar-refractivity contribution < 1.29 is 0 Å². The molecule has 0 spiro atoms. The number of hydrogen-bond donors (Lipinski definition) is 0. The molecule has 0 N–H and O–H groups in total. The lowest BCUT2D eigenvalue weighted by Crippen LogP contribution is -2.26. The Kier molecular flexibility index (Phi) is 6.53. The minimum Gasteiger partial charge on any atom is -0.342 e. The molecule has 178 valence electrons. The first-order chi connectivity index (χ1) is 16.7. The van der Waals surface area contributed by atoms with Crippen LogP contribution in [0, 0.1) is 22.7 Å². The van der Waals surface area contributed by atoms with Crippen LogP contribution in [0.15, 0.2) is 53.7 Å². The Balaban J connectivity index is 1.49. The van der Waals surface area contributed by atoms with Crippen molar-refractivity contribution in [2.45, 2.75) is 46.6 Å². The number of fused-ring (bicyclic) bond motifs is 2. The maximum absolute atomic E-state index is 9.93. The highest BCUT2D eigenvalue weighted by molar-refractivity contribution is 7.16. The zero-order chi connectivity index (χ0) is 24.7. The molecule has 6 heteroatoms. The number of para-hydroxylation sites is 1. The van der Waals surface area contributed by atoms with E-state index in [1.165, 1.54) is 10.4 Å². The van der Waals surface area contributed by atoms with Crippen molar-refractivity contribution in [3.63, 3.8) is 0 Å². The number of aliphatic imine (C=N–C) groups is 1. The van der Waals surface area contributed by atoms with Crippen LogP contribution in [0.4, 0.5) is 5.00 Å². The van der Waals surface area contributed by atoms with Crippen LogP contribution >= 0.6 is 34.5 Å². The molecule has 0 bridgehead atoms. The van der Waals surface area contributed by atoms with Gasteiger partial charge in [0.05, 0.1) is 5.56 Å². The molecule has 35 heavy (non-hydrogen) atoms. The van der Waals surface area contributed by atoms with E-state index in [2.05, 4.69) is 49.7 Å². The molecule has 2 aromatic carbocycles. The molecule has 2 aromatic heterocycles. The molecule has 0 aliphatic heterocycles. The predicted octanol–water partition coefficient (Wildman–Crippen LogP) is 8.83. The predicted molar refractivity (Wildman–Crippen MR) is 149 cm³/mol. The molecule has 0 unspecified atom stereocenters. The Hall–Kier alpha value is -2.58. The third-order valence-electron chi connectivity index (χ3n) is 7.08. The van der Waals surface area contributed by atoms with E-state index in [9.17, 15) is 5.26 Å². The van der Waals surface area contributed by atoms with Gasteiger partial charge in [0.15, 0.2) is 0 Å². The fourth-order valence-corrected chi connectivity index (χ4v) is 6.68. The van der Waals surface area contributed by atoms with Crippen molar-refractivity contribution in [3.05, 3.63) is 85.8 Å². The van der Waals surface area contributed by atoms with Crippen LogP contribution in [0.2, 0.25) is 10.0 Å². The van der Waals surface area contributed by atoms with Crippen molar-refractivity contribution in [2.75, 3.05) is 0 Å². The number of aromatic nitrogens is 1. The average molecular weight is 521 g/mol. The van der Waals surface area contributed by atoms with Gasteiger partial charge in [-0.05, 0) is 59.9 Å². The number of halogens is 2. The summed E-state index contributed by atoms with van der Waals surface area (Å²) in [6.45, 7) is 7.57. The van der Waals surface area contributed by atoms with Crippen LogP contribution in [0.25, 0.3) is 10.9 Å². The van der Waals surface area contributed by atoms with Crippen molar-refractivity contribution in [2.24, 2.45) is 16.3 Å². The molecule has 5 rings (SSSR count). The van der Waals surface area contributed by atoms with Crippen molar-refractivity contribution in [1.82, 2.24) is 4.57 Å². The first-order valence-corrected chi connectivity index (χ1v) is 13.4. The van der Waals surface area contributed by atoms with Crippen LogP contribution in [0.3, 0.4) is 0 Å². The van der Waals surface area contributed by atoms with Gasteiger partial charge in [-0.1, -0.05) is 68.2 Å². The summed E-state index contributed by atoms with van der Waals surface area (Å²) in [5, 5.41) is 13.2. The monoisotopic (exact) mass is 519 g/mol. The average Bonchev–Trinajstić information content (AvgIpc) is 3.36. The van der Waals surface area contributed by atoms with E-state index in [1.54, 1.807) is 17.4 Å². The summed E-state index contributed by atoms with van der Waals surface area (Å²) in [6.07, 6.45) is 7.14. The van der Waals surface area contributed by atoms with Crippen LogP contribution in [-0.4, -0.2) is 10.8 Å². The summed E-state index contributed by atoms with van der Waals surface area (Å²) in [7, 11) is 0. The highest BCUT2D eigenvalue weighted by Crippen LogP contribution is 2.45. The van der Waals surface area contributed by atoms with Gasteiger partial charge in [-0.25, -0.2) is 4.99 Å². The summed E-state index contributed by atoms with van der Waals surface area (Å²) in [5.41, 5.74) is 5.38. The first-order valence-electron chi connectivity index (χ1n) is 11.8. The van der Waals surface area contributed by atoms with E-state index in [0.29, 0.717) is 22.5 Å². The zero-order valence-electron chi connectivity index (χ0n) is 20.1. The molecule has 2 heterocycles. The molecule has 0 radical (unpaired) electrons. The summed E-state index contributed by atoms with van der Waals surface area (Å²) in [5.74, 6) is 0.634. The van der Waals surface area contributed by atoms with E-state index < -0.39 is 0 Å². The maximum atomic E-state index is 9.93. The van der Waals surface area contributed by atoms with Crippen LogP contribution in [-0.2, 0) is 19.4 Å². The molecule has 1 aliphatic carbocycles. The fourth-order valence-electron chi connectivity index (χ4n) is 4.99. The van der Waals surface area contributed by atoms with Crippen LogP contribution in [0.1, 0.15) is 54.3 Å². The van der Waals surface area contributed by atoms with E-state index in [1.807, 2.05) is 30.5 Å². The summed E-state index contributed by atoms with van der Waals surface area (Å²) in [4.78, 5) is 6.19. The van der Waals surface area contributed by atoms with Gasteiger partial charge in [0.1, 0.15) is 11.1 Å². The molecular formula is C29H27Cl2N3S. The highest BCUT2D eigenvalue weighted by atomic mass is 35.5. The van der Waals surface area contributed by atoms with Gasteiger partial charge in [0.2, 0.25) is 0 Å². The quantitative estimate of drug-likeness (QED) is 0.248. The van der Waals surface area contributed by atoms with Crippen molar-refractivity contribution in [3.8, 4) is 6.07 Å². The first kappa shape index (κ1) is 24.1. The second-order valence-electron chi connectivity index (χ2n) is 10.3. The summed E-state index contributed by atoms with van der Waals surface area (Å²) in [6, 6.07) is 16.3. The Bertz CT molecular complexity index is 1480. The van der Waals surface area contributed by atoms with Gasteiger partial charge in [-0.2, -0.15) is 5.26 Å².